The van der Waals surface area contributed by atoms with Crippen molar-refractivity contribution in [2.75, 3.05) is 6.61 Å². The maximum Gasteiger partial charge on any atom is 0.309 e. The number of hydrogen-bond acceptors (Lipinski definition) is 9. The summed E-state index contributed by atoms with van der Waals surface area (Å²) in [5, 5.41) is 36.8. The molecule has 6 aliphatic rings. The van der Waals surface area contributed by atoms with Crippen molar-refractivity contribution in [1.29, 1.82) is 0 Å². The Bertz CT molecular complexity index is 1180. The molecule has 3 heterocycles. The minimum Gasteiger partial charge on any atom is -0.459 e. The van der Waals surface area contributed by atoms with E-state index in [1.54, 1.807) is 32.9 Å². The number of carbonyl (C=O) groups is 3. The van der Waals surface area contributed by atoms with Crippen LogP contribution in [0.25, 0.3) is 0 Å². The fourth-order valence-corrected chi connectivity index (χ4v) is 10.4. The number of aliphatic hydroxyl groups is 3. The third kappa shape index (κ3) is 2.94. The average molecular weight is 561 g/mol. The highest BCUT2D eigenvalue weighted by Gasteiger charge is 2.86. The highest BCUT2D eigenvalue weighted by atomic mass is 16.7. The first-order valence-electron chi connectivity index (χ1n) is 15.0. The van der Waals surface area contributed by atoms with Crippen molar-refractivity contribution in [3.8, 4) is 0 Å². The standard InChI is InChI=1S/C31H44O9/c1-7-29(36)13-12-17-19(14-20(32)18-10-9-11-21(33)27(17,18)5)30(37)24(34)23-26(4)15-22(39-25(35)16(26)3)28(6,38-8-2)31(23,29)40-30/h9,11,16-20,22-23,32,36-37H,7-8,10,12-15H2,1-6H3/t16-,17?,18?,19?,20-,22?,23?,26+,27+,28-,29-,30+,31-/m0/s1. The van der Waals surface area contributed by atoms with E-state index in [0.29, 0.717) is 19.3 Å². The van der Waals surface area contributed by atoms with E-state index in [1.807, 2.05) is 20.8 Å². The van der Waals surface area contributed by atoms with Gasteiger partial charge in [-0.25, -0.2) is 0 Å². The van der Waals surface area contributed by atoms with Crippen LogP contribution < -0.4 is 0 Å². The summed E-state index contributed by atoms with van der Waals surface area (Å²) in [6.45, 7) is 11.0. The van der Waals surface area contributed by atoms with E-state index in [0.717, 1.165) is 0 Å². The van der Waals surface area contributed by atoms with E-state index >= 15 is 0 Å². The second kappa shape index (κ2) is 8.47. The lowest BCUT2D eigenvalue weighted by Gasteiger charge is -2.67. The number of aliphatic hydroxyl groups excluding tert-OH is 1. The zero-order valence-electron chi connectivity index (χ0n) is 24.4. The molecule has 5 fully saturated rings. The number of Topliss-reactive ketones (excluding diaryl/α,β-unsaturated/α-hetero) is 1. The molecule has 1 spiro atoms. The fraction of sp³-hybridized carbons (Fsp3) is 0.839. The lowest BCUT2D eigenvalue weighted by atomic mass is 9.45. The summed E-state index contributed by atoms with van der Waals surface area (Å²) in [7, 11) is 0. The van der Waals surface area contributed by atoms with Crippen LogP contribution in [0.2, 0.25) is 0 Å². The van der Waals surface area contributed by atoms with Gasteiger partial charge in [-0.15, -0.1) is 0 Å². The van der Waals surface area contributed by atoms with E-state index in [1.165, 1.54) is 0 Å². The lowest BCUT2D eigenvalue weighted by molar-refractivity contribution is -0.391. The topological polar surface area (TPSA) is 140 Å². The van der Waals surface area contributed by atoms with Gasteiger partial charge in [-0.3, -0.25) is 14.4 Å². The quantitative estimate of drug-likeness (QED) is 0.444. The Morgan fingerprint density at radius 3 is 2.42 bits per heavy atom. The van der Waals surface area contributed by atoms with Crippen LogP contribution in [0.5, 0.6) is 0 Å². The van der Waals surface area contributed by atoms with Gasteiger partial charge in [-0.1, -0.05) is 33.8 Å². The van der Waals surface area contributed by atoms with Crippen LogP contribution in [0.4, 0.5) is 0 Å². The molecule has 0 aromatic rings. The molecular weight excluding hydrogens is 516 g/mol. The van der Waals surface area contributed by atoms with Crippen LogP contribution in [0.3, 0.4) is 0 Å². The molecule has 6 rings (SSSR count). The minimum absolute atomic E-state index is 0.0815. The highest BCUT2D eigenvalue weighted by Crippen LogP contribution is 2.72. The van der Waals surface area contributed by atoms with E-state index in [4.69, 9.17) is 14.2 Å². The number of carbonyl (C=O) groups excluding carboxylic acids is 3. The molecule has 4 bridgehead atoms. The Hall–Kier alpha value is -1.65. The van der Waals surface area contributed by atoms with Gasteiger partial charge in [0.2, 0.25) is 5.79 Å². The Morgan fingerprint density at radius 2 is 1.77 bits per heavy atom. The van der Waals surface area contributed by atoms with Crippen LogP contribution in [-0.2, 0) is 28.6 Å². The average Bonchev–Trinajstić information content (AvgIpc) is 3.17. The van der Waals surface area contributed by atoms with Gasteiger partial charge in [0.05, 0.1) is 23.5 Å². The van der Waals surface area contributed by atoms with Gasteiger partial charge in [0.1, 0.15) is 17.3 Å². The maximum absolute atomic E-state index is 14.9. The van der Waals surface area contributed by atoms with Crippen LogP contribution in [-0.4, -0.2) is 74.3 Å². The number of hydrogen-bond donors (Lipinski definition) is 3. The van der Waals surface area contributed by atoms with Crippen LogP contribution in [0.1, 0.15) is 80.1 Å². The summed E-state index contributed by atoms with van der Waals surface area (Å²) in [5.74, 6) is -7.17. The van der Waals surface area contributed by atoms with Crippen molar-refractivity contribution in [2.45, 2.75) is 115 Å². The van der Waals surface area contributed by atoms with Gasteiger partial charge in [0, 0.05) is 23.9 Å². The molecule has 0 aromatic heterocycles. The number of fused-ring (bicyclic) bond motifs is 8. The molecule has 0 aromatic carbocycles. The molecule has 0 radical (unpaired) electrons. The smallest absolute Gasteiger partial charge is 0.309 e. The Kier molecular flexibility index (Phi) is 6.03. The second-order valence-electron chi connectivity index (χ2n) is 14.1. The molecule has 3 aliphatic heterocycles. The van der Waals surface area contributed by atoms with Gasteiger partial charge < -0.3 is 29.5 Å². The van der Waals surface area contributed by atoms with Crippen LogP contribution in [0.15, 0.2) is 12.2 Å². The van der Waals surface area contributed by atoms with E-state index in [9.17, 15) is 29.7 Å². The first-order valence-corrected chi connectivity index (χ1v) is 15.0. The normalized spacial score (nSPS) is 56.9. The van der Waals surface area contributed by atoms with Gasteiger partial charge in [0.25, 0.3) is 0 Å². The number of esters is 1. The highest BCUT2D eigenvalue weighted by molar-refractivity contribution is 5.97. The third-order valence-electron chi connectivity index (χ3n) is 12.8. The predicted octanol–water partition coefficient (Wildman–Crippen LogP) is 2.48. The molecule has 3 saturated heterocycles. The largest absolute Gasteiger partial charge is 0.459 e. The lowest BCUT2D eigenvalue weighted by Crippen LogP contribution is -2.81. The maximum atomic E-state index is 14.9. The SMILES string of the molecule is CCO[C@@]1(C)C2C[C@@](C)(C3C(=O)[C@]4(O)O[C@@]31[C@](O)(CC)CCC1C4C[C@H](O)C3CC=CC(=O)[C@]13C)[C@@H](C)C(=O)O2. The number of allylic oxidation sites excluding steroid dienone is 2. The Balaban J connectivity index is 1.63. The molecule has 3 N–H and O–H groups in total. The summed E-state index contributed by atoms with van der Waals surface area (Å²) in [4.78, 5) is 41.7. The van der Waals surface area contributed by atoms with E-state index in [2.05, 4.69) is 0 Å². The van der Waals surface area contributed by atoms with Crippen LogP contribution in [0, 0.1) is 40.4 Å². The fourth-order valence-electron chi connectivity index (χ4n) is 10.4. The molecule has 13 atom stereocenters. The van der Waals surface area contributed by atoms with Gasteiger partial charge >= 0.3 is 5.97 Å². The molecule has 3 aliphatic carbocycles. The zero-order valence-corrected chi connectivity index (χ0v) is 24.4. The minimum atomic E-state index is -2.41. The van der Waals surface area contributed by atoms with Crippen molar-refractivity contribution in [2.24, 2.45) is 40.4 Å². The molecule has 9 heteroatoms. The molecule has 40 heavy (non-hydrogen) atoms. The molecule has 2 saturated carbocycles. The first-order chi connectivity index (χ1) is 18.6. The Morgan fingerprint density at radius 1 is 1.07 bits per heavy atom. The first kappa shape index (κ1) is 28.5. The van der Waals surface area contributed by atoms with Crippen molar-refractivity contribution in [3.05, 3.63) is 12.2 Å². The summed E-state index contributed by atoms with van der Waals surface area (Å²) < 4.78 is 19.2. The van der Waals surface area contributed by atoms with E-state index < -0.39 is 81.1 Å². The molecule has 5 unspecified atom stereocenters. The zero-order chi connectivity index (χ0) is 29.3. The number of ketones is 2. The van der Waals surface area contributed by atoms with Crippen molar-refractivity contribution >= 4 is 17.5 Å². The van der Waals surface area contributed by atoms with Gasteiger partial charge in [-0.2, -0.15) is 0 Å². The van der Waals surface area contributed by atoms with Gasteiger partial charge in [-0.05, 0) is 69.8 Å². The second-order valence-corrected chi connectivity index (χ2v) is 14.1. The van der Waals surface area contributed by atoms with Crippen molar-refractivity contribution in [1.82, 2.24) is 0 Å². The van der Waals surface area contributed by atoms with E-state index in [-0.39, 0.29) is 37.6 Å². The number of rotatable bonds is 3. The molecule has 0 amide bonds. The van der Waals surface area contributed by atoms with Crippen LogP contribution >= 0.6 is 0 Å². The Labute approximate surface area is 235 Å². The van der Waals surface area contributed by atoms with Crippen molar-refractivity contribution in [3.63, 3.8) is 0 Å². The predicted molar refractivity (Wildman–Crippen MR) is 142 cm³/mol. The monoisotopic (exact) mass is 560 g/mol. The number of ether oxygens (including phenoxy) is 3. The molecule has 222 valence electrons. The van der Waals surface area contributed by atoms with Gasteiger partial charge in [0.15, 0.2) is 11.6 Å². The van der Waals surface area contributed by atoms with Crippen molar-refractivity contribution < 1.29 is 43.9 Å². The third-order valence-corrected chi connectivity index (χ3v) is 12.8. The summed E-state index contributed by atoms with van der Waals surface area (Å²) >= 11 is 0. The summed E-state index contributed by atoms with van der Waals surface area (Å²) in [5.41, 5.74) is -6.90. The molecule has 9 nitrogen and oxygen atoms in total. The molecular formula is C31H44O9. The summed E-state index contributed by atoms with van der Waals surface area (Å²) in [6, 6.07) is 0. The summed E-state index contributed by atoms with van der Waals surface area (Å²) in [6.07, 6.45) is 3.22.